The van der Waals surface area contributed by atoms with Crippen LogP contribution in [0.25, 0.3) is 0 Å². The van der Waals surface area contributed by atoms with E-state index < -0.39 is 5.97 Å². The molecule has 98 valence electrons. The fourth-order valence-corrected chi connectivity index (χ4v) is 2.53. The lowest BCUT2D eigenvalue weighted by atomic mass is 10.1. The quantitative estimate of drug-likeness (QED) is 0.722. The normalized spacial score (nSPS) is 15.8. The highest BCUT2D eigenvalue weighted by Gasteiger charge is 2.15. The van der Waals surface area contributed by atoms with Crippen LogP contribution in [0.3, 0.4) is 0 Å². The molecule has 1 saturated heterocycles. The van der Waals surface area contributed by atoms with E-state index in [0.29, 0.717) is 0 Å². The molecule has 0 aliphatic carbocycles. The number of anilines is 1. The molecular weight excluding hydrogens is 248 g/mol. The fourth-order valence-electron chi connectivity index (χ4n) is 2.25. The number of hydrogen-bond donors (Lipinski definition) is 3. The number of aliphatic carboxylic acids is 1. The van der Waals surface area contributed by atoms with Gasteiger partial charge in [-0.05, 0) is 30.2 Å². The first-order chi connectivity index (χ1) is 8.58. The van der Waals surface area contributed by atoms with Gasteiger partial charge in [0.2, 0.25) is 0 Å². The molecule has 4 nitrogen and oxygen atoms in total. The molecule has 5 heteroatoms. The van der Waals surface area contributed by atoms with Crippen LogP contribution in [0.4, 0.5) is 5.69 Å². The van der Waals surface area contributed by atoms with Crippen LogP contribution in [-0.4, -0.2) is 37.3 Å². The average Bonchev–Trinajstić information content (AvgIpc) is 2.34. The Hall–Kier alpha value is -1.20. The molecule has 1 aromatic rings. The van der Waals surface area contributed by atoms with Crippen LogP contribution in [0, 0.1) is 6.92 Å². The second-order valence-electron chi connectivity index (χ2n) is 4.57. The van der Waals surface area contributed by atoms with Crippen LogP contribution < -0.4 is 10.2 Å². The van der Waals surface area contributed by atoms with Gasteiger partial charge in [-0.2, -0.15) is 0 Å². The predicted molar refractivity (Wildman–Crippen MR) is 74.9 cm³/mol. The van der Waals surface area contributed by atoms with Gasteiger partial charge in [-0.1, -0.05) is 0 Å². The molecule has 1 fully saturated rings. The van der Waals surface area contributed by atoms with Crippen molar-refractivity contribution in [2.24, 2.45) is 0 Å². The molecule has 0 unspecified atom stereocenters. The Morgan fingerprint density at radius 2 is 2.11 bits per heavy atom. The highest BCUT2D eigenvalue weighted by Crippen LogP contribution is 2.28. The number of nitrogens with one attached hydrogen (secondary N) is 1. The zero-order valence-electron chi connectivity index (χ0n) is 10.4. The first-order valence-electron chi connectivity index (χ1n) is 6.08. The smallest absolute Gasteiger partial charge is 0.307 e. The molecule has 18 heavy (non-hydrogen) atoms. The maximum Gasteiger partial charge on any atom is 0.307 e. The fraction of sp³-hybridized carbons (Fsp3) is 0.462. The molecule has 0 saturated carbocycles. The van der Waals surface area contributed by atoms with E-state index in [9.17, 15) is 4.79 Å². The standard InChI is InChI=1S/C13H18N2O2S/c1-9-11(15-4-2-14-3-5-15)6-10(7-12(9)18)8-13(16)17/h6-7,14,18H,2-5,8H2,1H3,(H,16,17). The lowest BCUT2D eigenvalue weighted by Crippen LogP contribution is -2.43. The van der Waals surface area contributed by atoms with Crippen LogP contribution in [0.15, 0.2) is 17.0 Å². The summed E-state index contributed by atoms with van der Waals surface area (Å²) in [5.74, 6) is -0.808. The summed E-state index contributed by atoms with van der Waals surface area (Å²) in [6.45, 7) is 5.86. The number of hydrogen-bond acceptors (Lipinski definition) is 4. The molecule has 2 rings (SSSR count). The molecule has 0 aromatic heterocycles. The van der Waals surface area contributed by atoms with Gasteiger partial charge in [0, 0.05) is 36.8 Å². The minimum Gasteiger partial charge on any atom is -0.481 e. The molecule has 0 bridgehead atoms. The highest BCUT2D eigenvalue weighted by molar-refractivity contribution is 7.80. The number of rotatable bonds is 3. The predicted octanol–water partition coefficient (Wildman–Crippen LogP) is 1.32. The topological polar surface area (TPSA) is 52.6 Å². The molecule has 2 N–H and O–H groups in total. The second-order valence-corrected chi connectivity index (χ2v) is 5.05. The Balaban J connectivity index is 2.32. The van der Waals surface area contributed by atoms with Crippen molar-refractivity contribution in [1.29, 1.82) is 0 Å². The van der Waals surface area contributed by atoms with E-state index >= 15 is 0 Å². The lowest BCUT2D eigenvalue weighted by molar-refractivity contribution is -0.136. The van der Waals surface area contributed by atoms with Crippen LogP contribution in [0.5, 0.6) is 0 Å². The third-order valence-corrected chi connectivity index (χ3v) is 3.69. The maximum atomic E-state index is 10.8. The number of carboxylic acids is 1. The Morgan fingerprint density at radius 3 is 2.72 bits per heavy atom. The van der Waals surface area contributed by atoms with Crippen molar-refractivity contribution in [3.05, 3.63) is 23.3 Å². The average molecular weight is 266 g/mol. The van der Waals surface area contributed by atoms with Crippen LogP contribution in [0.2, 0.25) is 0 Å². The number of carboxylic acid groups (broad SMARTS) is 1. The van der Waals surface area contributed by atoms with Crippen molar-refractivity contribution in [3.8, 4) is 0 Å². The van der Waals surface area contributed by atoms with Crippen molar-refractivity contribution in [2.75, 3.05) is 31.1 Å². The first kappa shape index (κ1) is 13.2. The minimum absolute atomic E-state index is 0.0485. The Bertz CT molecular complexity index is 457. The van der Waals surface area contributed by atoms with Gasteiger partial charge >= 0.3 is 5.97 Å². The van der Waals surface area contributed by atoms with E-state index in [2.05, 4.69) is 22.8 Å². The van der Waals surface area contributed by atoms with Gasteiger partial charge in [-0.3, -0.25) is 4.79 Å². The van der Waals surface area contributed by atoms with Gasteiger partial charge in [0.15, 0.2) is 0 Å². The maximum absolute atomic E-state index is 10.8. The zero-order valence-corrected chi connectivity index (χ0v) is 11.3. The number of carbonyl (C=O) groups is 1. The van der Waals surface area contributed by atoms with E-state index in [1.165, 1.54) is 0 Å². The number of piperazine rings is 1. The SMILES string of the molecule is Cc1c(S)cc(CC(=O)O)cc1N1CCNCC1. The van der Waals surface area contributed by atoms with Gasteiger partial charge in [0.25, 0.3) is 0 Å². The van der Waals surface area contributed by atoms with Crippen molar-refractivity contribution in [3.63, 3.8) is 0 Å². The highest BCUT2D eigenvalue weighted by atomic mass is 32.1. The largest absolute Gasteiger partial charge is 0.481 e. The third kappa shape index (κ3) is 2.97. The molecular formula is C13H18N2O2S. The first-order valence-corrected chi connectivity index (χ1v) is 6.52. The molecule has 1 aromatic carbocycles. The number of nitrogens with zero attached hydrogens (tertiary/aromatic N) is 1. The molecule has 0 atom stereocenters. The van der Waals surface area contributed by atoms with Crippen molar-refractivity contribution in [2.45, 2.75) is 18.2 Å². The summed E-state index contributed by atoms with van der Waals surface area (Å²) in [6.07, 6.45) is 0.0485. The van der Waals surface area contributed by atoms with Crippen LogP contribution in [0.1, 0.15) is 11.1 Å². The Kier molecular flexibility index (Phi) is 4.14. The van der Waals surface area contributed by atoms with Crippen LogP contribution in [-0.2, 0) is 11.2 Å². The van der Waals surface area contributed by atoms with E-state index in [4.69, 9.17) is 5.11 Å². The summed E-state index contributed by atoms with van der Waals surface area (Å²) < 4.78 is 0. The Morgan fingerprint density at radius 1 is 1.44 bits per heavy atom. The van der Waals surface area contributed by atoms with Crippen LogP contribution >= 0.6 is 12.6 Å². The van der Waals surface area contributed by atoms with E-state index in [-0.39, 0.29) is 6.42 Å². The number of thiol groups is 1. The molecule has 0 amide bonds. The number of benzene rings is 1. The van der Waals surface area contributed by atoms with E-state index in [0.717, 1.165) is 47.9 Å². The summed E-state index contributed by atoms with van der Waals surface area (Å²) in [6, 6.07) is 3.83. The zero-order chi connectivity index (χ0) is 13.1. The molecule has 1 aliphatic rings. The van der Waals surface area contributed by atoms with E-state index in [1.54, 1.807) is 0 Å². The van der Waals surface area contributed by atoms with Gasteiger partial charge in [0.1, 0.15) is 0 Å². The Labute approximate surface area is 112 Å². The summed E-state index contributed by atoms with van der Waals surface area (Å²) in [4.78, 5) is 14.0. The van der Waals surface area contributed by atoms with Gasteiger partial charge in [0.05, 0.1) is 6.42 Å². The summed E-state index contributed by atoms with van der Waals surface area (Å²) in [5.41, 5.74) is 3.04. The second kappa shape index (κ2) is 5.63. The minimum atomic E-state index is -0.808. The van der Waals surface area contributed by atoms with Gasteiger partial charge in [-0.25, -0.2) is 0 Å². The summed E-state index contributed by atoms with van der Waals surface area (Å²) in [5, 5.41) is 12.2. The van der Waals surface area contributed by atoms with Gasteiger partial charge < -0.3 is 15.3 Å². The molecule has 0 radical (unpaired) electrons. The molecule has 1 heterocycles. The van der Waals surface area contributed by atoms with Crippen molar-refractivity contribution >= 4 is 24.3 Å². The molecule has 0 spiro atoms. The van der Waals surface area contributed by atoms with E-state index in [1.807, 2.05) is 19.1 Å². The lowest BCUT2D eigenvalue weighted by Gasteiger charge is -2.31. The van der Waals surface area contributed by atoms with Crippen molar-refractivity contribution < 1.29 is 9.90 Å². The monoisotopic (exact) mass is 266 g/mol. The van der Waals surface area contributed by atoms with Gasteiger partial charge in [-0.15, -0.1) is 12.6 Å². The van der Waals surface area contributed by atoms with Crippen molar-refractivity contribution in [1.82, 2.24) is 5.32 Å². The third-order valence-electron chi connectivity index (χ3n) is 3.23. The molecule has 1 aliphatic heterocycles. The summed E-state index contributed by atoms with van der Waals surface area (Å²) in [7, 11) is 0. The summed E-state index contributed by atoms with van der Waals surface area (Å²) >= 11 is 4.44.